The maximum atomic E-state index is 10.1. The molecule has 11 heavy (non-hydrogen) atoms. The SMILES string of the molecule is O=[N+]([O-])[I-]c1ccccc1O. The maximum absolute atomic E-state index is 10.1. The molecular formula is C6H5INO3-. The third-order valence-corrected chi connectivity index (χ3v) is 2.84. The quantitative estimate of drug-likeness (QED) is 0.287. The Morgan fingerprint density at radius 1 is 1.45 bits per heavy atom. The molecule has 0 radical (unpaired) electrons. The molecule has 0 aliphatic rings. The van der Waals surface area contributed by atoms with Crippen molar-refractivity contribution in [1.29, 1.82) is 0 Å². The van der Waals surface area contributed by atoms with E-state index in [1.54, 1.807) is 18.2 Å². The minimum atomic E-state index is -1.28. The second kappa shape index (κ2) is 3.51. The van der Waals surface area contributed by atoms with Gasteiger partial charge in [-0.3, -0.25) is 0 Å². The Morgan fingerprint density at radius 2 is 2.09 bits per heavy atom. The molecule has 0 aliphatic heterocycles. The molecule has 0 bridgehead atoms. The van der Waals surface area contributed by atoms with E-state index >= 15 is 0 Å². The van der Waals surface area contributed by atoms with Crippen LogP contribution in [0, 0.1) is 13.7 Å². The van der Waals surface area contributed by atoms with E-state index in [1.165, 1.54) is 6.07 Å². The van der Waals surface area contributed by atoms with Crippen LogP contribution in [0.5, 0.6) is 5.75 Å². The van der Waals surface area contributed by atoms with E-state index in [9.17, 15) is 10.1 Å². The molecule has 0 amide bonds. The fourth-order valence-corrected chi connectivity index (χ4v) is 1.82. The Hall–Kier alpha value is -0.850. The number of nitro groups is 1. The van der Waals surface area contributed by atoms with Crippen molar-refractivity contribution in [2.24, 2.45) is 0 Å². The molecule has 4 nitrogen and oxygen atoms in total. The molecule has 1 rings (SSSR count). The molecule has 0 spiro atoms. The molecule has 0 saturated heterocycles. The molecule has 0 fully saturated rings. The van der Waals surface area contributed by atoms with Crippen molar-refractivity contribution in [3.63, 3.8) is 0 Å². The summed E-state index contributed by atoms with van der Waals surface area (Å²) in [6.07, 6.45) is 0. The van der Waals surface area contributed by atoms with E-state index < -0.39 is 21.5 Å². The zero-order valence-corrected chi connectivity index (χ0v) is 7.56. The molecule has 5 heteroatoms. The van der Waals surface area contributed by atoms with Crippen LogP contribution in [0.1, 0.15) is 0 Å². The van der Waals surface area contributed by atoms with Gasteiger partial charge in [-0.1, -0.05) is 0 Å². The predicted molar refractivity (Wildman–Crippen MR) is 33.8 cm³/mol. The number of hydrogen-bond donors (Lipinski definition) is 1. The summed E-state index contributed by atoms with van der Waals surface area (Å²) in [4.78, 5) is 10.1. The summed E-state index contributed by atoms with van der Waals surface area (Å²) in [5.74, 6) is 0.0250. The third kappa shape index (κ3) is 2.34. The first kappa shape index (κ1) is 8.25. The Kier molecular flexibility index (Phi) is 2.64. The van der Waals surface area contributed by atoms with Crippen LogP contribution < -0.4 is 21.5 Å². The van der Waals surface area contributed by atoms with E-state index in [1.807, 2.05) is 0 Å². The van der Waals surface area contributed by atoms with Gasteiger partial charge < -0.3 is 0 Å². The first-order valence-corrected chi connectivity index (χ1v) is 4.82. The van der Waals surface area contributed by atoms with E-state index in [0.717, 1.165) is 0 Å². The van der Waals surface area contributed by atoms with Crippen LogP contribution in [0.15, 0.2) is 24.3 Å². The zero-order valence-electron chi connectivity index (χ0n) is 5.40. The fourth-order valence-electron chi connectivity index (χ4n) is 0.598. The average Bonchev–Trinajstić information content (AvgIpc) is 1.93. The molecule has 1 aromatic carbocycles. The van der Waals surface area contributed by atoms with Crippen LogP contribution in [-0.4, -0.2) is 8.24 Å². The molecule has 0 aliphatic carbocycles. The van der Waals surface area contributed by atoms with Gasteiger partial charge in [0.1, 0.15) is 0 Å². The van der Waals surface area contributed by atoms with Gasteiger partial charge in [-0.2, -0.15) is 0 Å². The van der Waals surface area contributed by atoms with E-state index in [-0.39, 0.29) is 8.89 Å². The van der Waals surface area contributed by atoms with Gasteiger partial charge in [-0.15, -0.1) is 0 Å². The van der Waals surface area contributed by atoms with Gasteiger partial charge in [-0.05, 0) is 0 Å². The van der Waals surface area contributed by atoms with Crippen LogP contribution in [-0.2, 0) is 0 Å². The van der Waals surface area contributed by atoms with Crippen LogP contribution in [0.2, 0.25) is 0 Å². The normalized spacial score (nSPS) is 9.82. The molecule has 0 saturated carbocycles. The van der Waals surface area contributed by atoms with Crippen molar-refractivity contribution in [2.75, 3.05) is 0 Å². The van der Waals surface area contributed by atoms with Crippen molar-refractivity contribution >= 4 is 0 Å². The molecular weight excluding hydrogens is 261 g/mol. The van der Waals surface area contributed by atoms with Crippen molar-refractivity contribution in [2.45, 2.75) is 0 Å². The fraction of sp³-hybridized carbons (Fsp3) is 0. The number of benzene rings is 1. The molecule has 60 valence electrons. The summed E-state index contributed by atoms with van der Waals surface area (Å²) < 4.78 is 0.0878. The van der Waals surface area contributed by atoms with Gasteiger partial charge in [0.25, 0.3) is 0 Å². The zero-order chi connectivity index (χ0) is 8.27. The monoisotopic (exact) mass is 266 g/mol. The Balaban J connectivity index is 2.86. The van der Waals surface area contributed by atoms with E-state index in [2.05, 4.69) is 0 Å². The van der Waals surface area contributed by atoms with Crippen molar-refractivity contribution in [1.82, 2.24) is 0 Å². The molecule has 1 N–H and O–H groups in total. The van der Waals surface area contributed by atoms with Crippen molar-refractivity contribution < 1.29 is 29.7 Å². The van der Waals surface area contributed by atoms with E-state index in [4.69, 9.17) is 5.11 Å². The summed E-state index contributed by atoms with van der Waals surface area (Å²) in [5.41, 5.74) is 0. The number of phenolic OH excluding ortho intramolecular Hbond substituents is 1. The number of hydrogen-bond acceptors (Lipinski definition) is 3. The van der Waals surface area contributed by atoms with E-state index in [0.29, 0.717) is 3.57 Å². The summed E-state index contributed by atoms with van der Waals surface area (Å²) in [5, 5.41) is 19.1. The summed E-state index contributed by atoms with van der Waals surface area (Å²) in [6, 6.07) is 6.35. The number of phenols is 1. The van der Waals surface area contributed by atoms with Gasteiger partial charge in [0.05, 0.1) is 0 Å². The van der Waals surface area contributed by atoms with Gasteiger partial charge >= 0.3 is 73.4 Å². The van der Waals surface area contributed by atoms with Crippen LogP contribution in [0.3, 0.4) is 0 Å². The second-order valence-corrected chi connectivity index (χ2v) is 4.18. The van der Waals surface area contributed by atoms with Gasteiger partial charge in [0, 0.05) is 0 Å². The number of nitrogens with zero attached hydrogens (tertiary/aromatic N) is 1. The van der Waals surface area contributed by atoms with Crippen LogP contribution in [0.25, 0.3) is 0 Å². The van der Waals surface area contributed by atoms with Gasteiger partial charge in [-0.25, -0.2) is 0 Å². The first-order valence-electron chi connectivity index (χ1n) is 2.77. The Morgan fingerprint density at radius 3 is 2.64 bits per heavy atom. The predicted octanol–water partition coefficient (Wildman–Crippen LogP) is -2.16. The second-order valence-electron chi connectivity index (χ2n) is 1.75. The van der Waals surface area contributed by atoms with Gasteiger partial charge in [0.2, 0.25) is 0 Å². The third-order valence-electron chi connectivity index (χ3n) is 1.01. The van der Waals surface area contributed by atoms with Crippen molar-refractivity contribution in [3.8, 4) is 5.75 Å². The van der Waals surface area contributed by atoms with Crippen LogP contribution in [0.4, 0.5) is 0 Å². The summed E-state index contributed by atoms with van der Waals surface area (Å²) >= 11 is -1.28. The Labute approximate surface area is 73.6 Å². The number of para-hydroxylation sites is 1. The van der Waals surface area contributed by atoms with Gasteiger partial charge in [0.15, 0.2) is 0 Å². The number of rotatable bonds is 2. The standard InChI is InChI=1S/C6H5INO3/c9-6-4-2-1-3-5(6)7-8(10)11/h1-4,9H/q-1. The molecule has 0 unspecified atom stereocenters. The topological polar surface area (TPSA) is 63.4 Å². The molecule has 1 aromatic rings. The Bertz CT molecular complexity index is 276. The summed E-state index contributed by atoms with van der Waals surface area (Å²) in [7, 11) is 0. The minimum absolute atomic E-state index is 0.0250. The molecule has 0 aromatic heterocycles. The molecule has 0 heterocycles. The van der Waals surface area contributed by atoms with Crippen LogP contribution >= 0.6 is 0 Å². The molecule has 0 atom stereocenters. The summed E-state index contributed by atoms with van der Waals surface area (Å²) in [6.45, 7) is 0. The average molecular weight is 266 g/mol. The first-order chi connectivity index (χ1) is 5.20. The number of halogens is 1. The number of aromatic hydroxyl groups is 1. The van der Waals surface area contributed by atoms with Crippen molar-refractivity contribution in [3.05, 3.63) is 37.9 Å².